The molecule has 0 aliphatic heterocycles. The van der Waals surface area contributed by atoms with Gasteiger partial charge < -0.3 is 88.1 Å². The Labute approximate surface area is 764 Å². The summed E-state index contributed by atoms with van der Waals surface area (Å²) in [6, 6.07) is -2.14. The van der Waals surface area contributed by atoms with Crippen molar-refractivity contribution >= 4 is 70.1 Å². The molecular weight excluding hydrogens is 1650 g/mol. The molecule has 127 heavy (non-hydrogen) atoms. The summed E-state index contributed by atoms with van der Waals surface area (Å²) < 4.78 is 64.0. The molecular formula is C94H180N6O27. The van der Waals surface area contributed by atoms with Gasteiger partial charge in [0.2, 0.25) is 5.91 Å². The summed E-state index contributed by atoms with van der Waals surface area (Å²) in [6.45, 7) is 67.6. The Morgan fingerprint density at radius 3 is 0.693 bits per heavy atom. The number of aliphatic carboxylic acids is 3. The first-order chi connectivity index (χ1) is 58.1. The summed E-state index contributed by atoms with van der Waals surface area (Å²) in [4.78, 5) is 139. The first-order valence-corrected chi connectivity index (χ1v) is 45.1. The van der Waals surface area contributed by atoms with Crippen LogP contribution in [0.1, 0.15) is 285 Å². The van der Waals surface area contributed by atoms with Gasteiger partial charge in [-0.25, -0.2) is 0 Å². The first kappa shape index (κ1) is 130. The van der Waals surface area contributed by atoms with Crippen molar-refractivity contribution in [1.82, 2.24) is 31.9 Å². The van der Waals surface area contributed by atoms with E-state index in [1.807, 2.05) is 166 Å². The maximum Gasteiger partial charge on any atom is 0.320 e. The fraction of sp³-hybridized carbons (Fsp3) is 0.872. The largest absolute Gasteiger partial charge is 0.480 e. The molecule has 0 radical (unpaired) electrons. The van der Waals surface area contributed by atoms with Crippen molar-refractivity contribution in [3.05, 3.63) is 0 Å². The molecule has 0 rings (SSSR count). The number of ketones is 8. The van der Waals surface area contributed by atoms with Gasteiger partial charge in [-0.2, -0.15) is 0 Å². The number of rotatable bonds is 66. The number of carbonyl (C=O) groups excluding carboxylic acids is 9. The molecule has 0 saturated carbocycles. The van der Waals surface area contributed by atoms with Gasteiger partial charge in [0, 0.05) is 133 Å². The van der Waals surface area contributed by atoms with Crippen molar-refractivity contribution < 1.29 is 130 Å². The highest BCUT2D eigenvalue weighted by molar-refractivity contribution is 5.87. The first-order valence-electron chi connectivity index (χ1n) is 45.1. The quantitative estimate of drug-likeness (QED) is 0.0255. The third-order valence-corrected chi connectivity index (χ3v) is 17.2. The van der Waals surface area contributed by atoms with Gasteiger partial charge in [0.15, 0.2) is 28.9 Å². The van der Waals surface area contributed by atoms with Crippen molar-refractivity contribution in [3.8, 4) is 0 Å². The fourth-order valence-corrected chi connectivity index (χ4v) is 9.54. The molecule has 1 amide bonds. The van der Waals surface area contributed by atoms with Crippen LogP contribution in [0, 0.1) is 27.1 Å². The van der Waals surface area contributed by atoms with Crippen LogP contribution in [0.25, 0.3) is 0 Å². The third kappa shape index (κ3) is 93.6. The van der Waals surface area contributed by atoms with E-state index in [0.29, 0.717) is 170 Å². The van der Waals surface area contributed by atoms with Crippen LogP contribution in [0.2, 0.25) is 0 Å². The molecule has 9 N–H and O–H groups in total. The lowest BCUT2D eigenvalue weighted by Gasteiger charge is -2.26. The van der Waals surface area contributed by atoms with Gasteiger partial charge in [0.25, 0.3) is 0 Å². The molecule has 0 aromatic heterocycles. The van der Waals surface area contributed by atoms with Gasteiger partial charge in [-0.1, -0.05) is 104 Å². The number of Topliss-reactive ketones (excluding diaryl/α,β-unsaturated/α-hetero) is 8. The summed E-state index contributed by atoms with van der Waals surface area (Å²) in [5.41, 5.74) is -2.63. The number of amides is 1. The second kappa shape index (κ2) is 70.3. The molecule has 0 aliphatic carbocycles. The van der Waals surface area contributed by atoms with E-state index < -0.39 is 52.3 Å². The third-order valence-electron chi connectivity index (χ3n) is 17.2. The van der Waals surface area contributed by atoms with Crippen LogP contribution in [0.4, 0.5) is 0 Å². The Morgan fingerprint density at radius 2 is 0.449 bits per heavy atom. The van der Waals surface area contributed by atoms with E-state index >= 15 is 0 Å². The van der Waals surface area contributed by atoms with E-state index in [4.69, 9.17) is 61.9 Å². The van der Waals surface area contributed by atoms with Crippen LogP contribution >= 0.6 is 0 Å². The topological polar surface area (TPSA) is 448 Å². The van der Waals surface area contributed by atoms with Gasteiger partial charge >= 0.3 is 17.9 Å². The fourth-order valence-electron chi connectivity index (χ4n) is 9.54. The zero-order chi connectivity index (χ0) is 99.0. The lowest BCUT2D eigenvalue weighted by molar-refractivity contribution is -0.141. The predicted octanol–water partition coefficient (Wildman–Crippen LogP) is 11.0. The standard InChI is InChI=1S/C26H48N2O9.C21H41NO6.C20H37NO6.C14H29NO3.C13H25NO3/c1-25(2,3)22(30)18-36-16-15-35-13-11-27-23(31)19-37-17-14-34-12-7-8-20(29)9-10-21(24(32)33)28-26(4,5)6;1-20(2,3)19(24)17-28-15-12-25-10-7-8-18(23)16-27-14-13-26-11-9-22-21(4,5)6;1-19(2,3)17(23)14-27-13-12-26-11-7-8-15(22)9-10-16(18(24)25)21-20(4,5)6;1-13(2,3)12(16)11-18-10-9-17-8-7-15-14(4,5)6;1-12(2,3)10(15)8-7-9(11(16)17)14-13(4,5)6/h21,28H,7-19H2,1-6H3,(H,27,31)(H,32,33);22H,7-17H2,1-6H3;16,21H,7-14H2,1-6H3,(H,24,25);15H,7-11H2,1-6H3;9,14H,7-8H2,1-6H3,(H,16,17)/t21-;;16-;;9-/m0.0.0/s1. The van der Waals surface area contributed by atoms with Gasteiger partial charge in [-0.3, -0.25) is 73.5 Å². The van der Waals surface area contributed by atoms with Crippen LogP contribution < -0.4 is 31.9 Å². The Morgan fingerprint density at radius 1 is 0.228 bits per heavy atom. The summed E-state index contributed by atoms with van der Waals surface area (Å²) in [5.74, 6) is -2.58. The molecule has 0 saturated heterocycles. The van der Waals surface area contributed by atoms with Crippen LogP contribution in [-0.4, -0.2) is 309 Å². The number of carboxylic acid groups (broad SMARTS) is 3. The lowest BCUT2D eigenvalue weighted by Crippen LogP contribution is -2.48. The number of hydrogen-bond acceptors (Lipinski definition) is 29. The molecule has 0 bridgehead atoms. The van der Waals surface area contributed by atoms with Crippen molar-refractivity contribution in [1.29, 1.82) is 0 Å². The van der Waals surface area contributed by atoms with Gasteiger partial charge in [-0.05, 0) is 142 Å². The van der Waals surface area contributed by atoms with E-state index in [-0.39, 0.29) is 163 Å². The average molecular weight is 1830 g/mol. The Balaban J connectivity index is -0.000000502. The second-order valence-corrected chi connectivity index (χ2v) is 41.5. The molecule has 3 atom stereocenters. The van der Waals surface area contributed by atoms with E-state index in [2.05, 4.69) is 73.4 Å². The van der Waals surface area contributed by atoms with Gasteiger partial charge in [-0.15, -0.1) is 0 Å². The Kier molecular flexibility index (Phi) is 72.0. The molecule has 33 heteroatoms. The summed E-state index contributed by atoms with van der Waals surface area (Å²) in [7, 11) is 0. The highest BCUT2D eigenvalue weighted by Gasteiger charge is 2.30. The maximum atomic E-state index is 12.0. The van der Waals surface area contributed by atoms with E-state index in [9.17, 15) is 67.7 Å². The number of ether oxygens (including phenoxy) is 12. The minimum Gasteiger partial charge on any atom is -0.480 e. The predicted molar refractivity (Wildman–Crippen MR) is 494 cm³/mol. The summed E-state index contributed by atoms with van der Waals surface area (Å²) in [5, 5.41) is 45.9. The van der Waals surface area contributed by atoms with Crippen LogP contribution in [-0.2, 0) is 114 Å². The Bertz CT molecular complexity index is 3010. The van der Waals surface area contributed by atoms with E-state index in [0.717, 1.165) is 13.1 Å². The van der Waals surface area contributed by atoms with Crippen molar-refractivity contribution in [3.63, 3.8) is 0 Å². The van der Waals surface area contributed by atoms with Gasteiger partial charge in [0.1, 0.15) is 75.1 Å². The number of carbonyl (C=O) groups is 12. The lowest BCUT2D eigenvalue weighted by atomic mass is 9.87. The second-order valence-electron chi connectivity index (χ2n) is 41.5. The molecule has 0 spiro atoms. The van der Waals surface area contributed by atoms with Gasteiger partial charge in [0.05, 0.1) is 99.1 Å². The zero-order valence-electron chi connectivity index (χ0n) is 84.4. The van der Waals surface area contributed by atoms with Crippen molar-refractivity contribution in [2.45, 2.75) is 331 Å². The number of carboxylic acids is 3. The van der Waals surface area contributed by atoms with Crippen LogP contribution in [0.15, 0.2) is 0 Å². The average Bonchev–Trinajstić information content (AvgIpc) is 0.881. The minimum atomic E-state index is -0.958. The molecule has 0 aromatic rings. The monoisotopic (exact) mass is 1830 g/mol. The summed E-state index contributed by atoms with van der Waals surface area (Å²) >= 11 is 0. The van der Waals surface area contributed by atoms with Crippen LogP contribution in [0.3, 0.4) is 0 Å². The molecule has 0 unspecified atom stereocenters. The SMILES string of the molecule is CC(C)(C)NCCOCCOCC(=O)C(C)(C)C.CC(C)(C)NCCOCCOCC(=O)CCCOCCOCC(=O)C(C)(C)C.CC(C)(C)N[C@@H](CCC(=O)C(C)(C)C)C(=O)O.CC(C)(C)N[C@@H](CCC(=O)CCCOCCOCC(=O)C(C)(C)C)C(=O)O.CC(C)(C)N[C@@H](CCC(=O)CCCOCCOCC(=O)NCCOCCOCC(=O)C(C)(C)C)C(=O)O. The number of nitrogens with one attached hydrogen (secondary N) is 6. The van der Waals surface area contributed by atoms with Crippen molar-refractivity contribution in [2.24, 2.45) is 27.1 Å². The Hall–Kier alpha value is -5.44. The van der Waals surface area contributed by atoms with Crippen molar-refractivity contribution in [2.75, 3.05) is 178 Å². The summed E-state index contributed by atoms with van der Waals surface area (Å²) in [6.07, 6.45) is 4.51. The molecule has 0 fully saturated rings. The van der Waals surface area contributed by atoms with E-state index in [1.165, 1.54) is 0 Å². The smallest absolute Gasteiger partial charge is 0.320 e. The zero-order valence-corrected chi connectivity index (χ0v) is 84.4. The molecule has 0 aliphatic rings. The molecule has 33 nitrogen and oxygen atoms in total. The number of hydrogen-bond donors (Lipinski definition) is 9. The molecule has 0 heterocycles. The minimum absolute atomic E-state index is 0.00521. The van der Waals surface area contributed by atoms with Crippen LogP contribution in [0.5, 0.6) is 0 Å². The molecule has 748 valence electrons. The highest BCUT2D eigenvalue weighted by atomic mass is 16.6. The normalized spacial score (nSPS) is 13.1. The van der Waals surface area contributed by atoms with E-state index in [1.54, 1.807) is 0 Å². The molecule has 0 aromatic carbocycles. The maximum absolute atomic E-state index is 12.0. The highest BCUT2D eigenvalue weighted by Crippen LogP contribution is 2.21.